The highest BCUT2D eigenvalue weighted by atomic mass is 16.7. The molecule has 0 unspecified atom stereocenters. The zero-order valence-electron chi connectivity index (χ0n) is 87.8. The molecule has 0 atom stereocenters. The Morgan fingerprint density at radius 1 is 0.195 bits per heavy atom. The molecule has 0 bridgehead atoms. The molecule has 30 heteroatoms. The second-order valence-electron chi connectivity index (χ2n) is 39.2. The summed E-state index contributed by atoms with van der Waals surface area (Å²) in [6.45, 7) is 86.5. The van der Waals surface area contributed by atoms with Crippen molar-refractivity contribution < 1.29 is 100.0 Å². The van der Waals surface area contributed by atoms with Crippen LogP contribution in [0, 0.1) is 0 Å². The quantitative estimate of drug-likeness (QED) is 0.0408. The first-order valence-corrected chi connectivity index (χ1v) is 44.7. The summed E-state index contributed by atoms with van der Waals surface area (Å²) in [6.07, 6.45) is 3.80. The van der Waals surface area contributed by atoms with Crippen molar-refractivity contribution in [2.45, 2.75) is 357 Å². The summed E-state index contributed by atoms with van der Waals surface area (Å²) in [5, 5.41) is 0. The first kappa shape index (κ1) is 135. The third kappa shape index (κ3) is 130. The summed E-state index contributed by atoms with van der Waals surface area (Å²) in [7, 11) is 17.7. The molecule has 0 amide bonds. The molecular weight excluding hydrogens is 1580 g/mol. The van der Waals surface area contributed by atoms with Gasteiger partial charge in [-0.3, -0.25) is 28.8 Å². The fourth-order valence-corrected chi connectivity index (χ4v) is 8.47. The predicted molar refractivity (Wildman–Crippen MR) is 502 cm³/mol. The molecule has 0 aromatic rings. The van der Waals surface area contributed by atoms with Gasteiger partial charge in [0, 0.05) is 58.5 Å². The lowest BCUT2D eigenvalue weighted by Crippen LogP contribution is -2.30. The van der Waals surface area contributed by atoms with Crippen molar-refractivity contribution in [3.05, 3.63) is 0 Å². The third-order valence-corrected chi connectivity index (χ3v) is 14.9. The number of carbonyl (C=O) groups is 9. The summed E-state index contributed by atoms with van der Waals surface area (Å²) >= 11 is 0. The standard InChI is InChI=1S/C12H25NO2.C11H23NO3.2C11H23NO2.C10H21NO3.2C10H21NO2.C9H19NO3.C9H19NO2/c1-6-13(7-2)10-8-9-11(14)15-12(3,4)5;1-6-12(7-2)8-9-14-10(13)15-11(3,4)5;1-6-12(5)9-7-8-10(13)14-11(2,3)4;1-6-12(7-2)9-8-10(13)14-11(3,4)5;1-6-11(5)7-8-13-9(12)14-10(2,3)4;1-10(2,3)13-9(12)7-6-8-11(4)5;1-6-11(5)8-7-9(12)13-10(2,3)4;1-9(2,3)13-8(11)12-7-6-10(4)5;1-9(2,3)12-8(11)6-7-10(4)5/h6-10H2,1-5H3;6-9H2,1-5H3;2*6-9H2,1-5H3;6-8H2,1-5H3;2*6-8H2,1-5H3;6-7H2,1-5H3;6-7H2,1-5H3. The van der Waals surface area contributed by atoms with E-state index in [1.54, 1.807) is 20.8 Å². The van der Waals surface area contributed by atoms with Crippen LogP contribution in [0.25, 0.3) is 0 Å². The van der Waals surface area contributed by atoms with Crippen LogP contribution in [0.4, 0.5) is 14.4 Å². The Morgan fingerprint density at radius 3 is 0.642 bits per heavy atom. The molecule has 0 fully saturated rings. The molecule has 0 saturated carbocycles. The van der Waals surface area contributed by atoms with E-state index in [4.69, 9.17) is 56.8 Å². The Kier molecular flexibility index (Phi) is 81.6. The molecule has 0 rings (SSSR count). The van der Waals surface area contributed by atoms with Gasteiger partial charge in [-0.25, -0.2) is 14.4 Å². The van der Waals surface area contributed by atoms with Crippen molar-refractivity contribution in [3.63, 3.8) is 0 Å². The van der Waals surface area contributed by atoms with Gasteiger partial charge in [-0.1, -0.05) is 62.3 Å². The van der Waals surface area contributed by atoms with Crippen LogP contribution < -0.4 is 0 Å². The molecule has 0 aliphatic carbocycles. The number of rotatable bonds is 39. The van der Waals surface area contributed by atoms with Crippen LogP contribution in [-0.4, -0.2) is 350 Å². The molecule has 0 aliphatic heterocycles. The molecule has 0 aromatic carbocycles. The Labute approximate surface area is 753 Å². The first-order chi connectivity index (χ1) is 55.6. The number of nitrogens with zero attached hydrogens (tertiary/aromatic N) is 9. The average Bonchev–Trinajstić information content (AvgIpc) is 0.954. The molecule has 0 aliphatic rings. The Morgan fingerprint density at radius 2 is 0.390 bits per heavy atom. The van der Waals surface area contributed by atoms with Gasteiger partial charge in [0.15, 0.2) is 0 Å². The molecule has 0 N–H and O–H groups in total. The number of carbonyl (C=O) groups excluding carboxylic acids is 9. The first-order valence-electron chi connectivity index (χ1n) is 44.7. The molecule has 738 valence electrons. The molecule has 0 saturated heterocycles. The van der Waals surface area contributed by atoms with Gasteiger partial charge in [0.25, 0.3) is 0 Å². The summed E-state index contributed by atoms with van der Waals surface area (Å²) in [5.74, 6) is -0.639. The van der Waals surface area contributed by atoms with Crippen LogP contribution in [-0.2, 0) is 85.6 Å². The van der Waals surface area contributed by atoms with Crippen LogP contribution in [0.3, 0.4) is 0 Å². The van der Waals surface area contributed by atoms with Crippen LogP contribution in [0.15, 0.2) is 0 Å². The number of ether oxygens (including phenoxy) is 12. The van der Waals surface area contributed by atoms with Gasteiger partial charge < -0.3 is 101 Å². The van der Waals surface area contributed by atoms with Gasteiger partial charge in [-0.05, 0) is 348 Å². The SMILES string of the molecule is CCN(C)CCC(=O)OC(C)(C)C.CCN(C)CCCC(=O)OC(C)(C)C.CCN(C)CCOC(=O)OC(C)(C)C.CCN(CC)CCC(=O)OC(C)(C)C.CCN(CC)CCCC(=O)OC(C)(C)C.CCN(CC)CCOC(=O)OC(C)(C)C.CN(C)CCC(=O)OC(C)(C)C.CN(C)CCCC(=O)OC(C)(C)C.CN(C)CCOC(=O)OC(C)(C)C. The fraction of sp³-hybridized carbons (Fsp3) is 0.903. The highest BCUT2D eigenvalue weighted by molar-refractivity contribution is 5.72. The minimum atomic E-state index is -0.602. The van der Waals surface area contributed by atoms with E-state index in [-0.39, 0.29) is 69.4 Å². The highest BCUT2D eigenvalue weighted by Gasteiger charge is 2.24. The monoisotopic (exact) mass is 1770 g/mol. The van der Waals surface area contributed by atoms with Gasteiger partial charge in [0.1, 0.15) is 70.2 Å². The van der Waals surface area contributed by atoms with Gasteiger partial charge in [-0.2, -0.15) is 0 Å². The maximum absolute atomic E-state index is 11.4. The highest BCUT2D eigenvalue weighted by Crippen LogP contribution is 2.16. The maximum atomic E-state index is 11.4. The van der Waals surface area contributed by atoms with Crippen LogP contribution in [0.1, 0.15) is 307 Å². The zero-order chi connectivity index (χ0) is 98.6. The number of likely N-dealkylation sites (N-methyl/N-ethyl adjacent to an activating group) is 3. The summed E-state index contributed by atoms with van der Waals surface area (Å²) < 4.78 is 60.7. The van der Waals surface area contributed by atoms with Gasteiger partial charge in [0.2, 0.25) is 0 Å². The minimum Gasteiger partial charge on any atom is -0.460 e. The second kappa shape index (κ2) is 74.2. The van der Waals surface area contributed by atoms with Gasteiger partial charge in [-0.15, -0.1) is 0 Å². The average molecular weight is 1780 g/mol. The molecule has 0 aromatic heterocycles. The Bertz CT molecular complexity index is 2510. The van der Waals surface area contributed by atoms with E-state index in [1.807, 2.05) is 239 Å². The second-order valence-corrected chi connectivity index (χ2v) is 39.2. The van der Waals surface area contributed by atoms with Crippen molar-refractivity contribution in [2.75, 3.05) is 201 Å². The fourth-order valence-electron chi connectivity index (χ4n) is 8.47. The molecular formula is C93H195N9O21. The summed E-state index contributed by atoms with van der Waals surface area (Å²) in [5.41, 5.74) is -3.57. The van der Waals surface area contributed by atoms with Crippen molar-refractivity contribution in [1.29, 1.82) is 0 Å². The third-order valence-electron chi connectivity index (χ3n) is 14.9. The topological polar surface area (TPSA) is 294 Å². The predicted octanol–water partition coefficient (Wildman–Crippen LogP) is 16.9. The molecule has 30 nitrogen and oxygen atoms in total. The lowest BCUT2D eigenvalue weighted by molar-refractivity contribution is -0.156. The number of hydrogen-bond donors (Lipinski definition) is 0. The number of esters is 6. The Hall–Kier alpha value is -5.73. The largest absolute Gasteiger partial charge is 0.508 e. The van der Waals surface area contributed by atoms with Gasteiger partial charge in [0.05, 0.1) is 19.3 Å². The minimum absolute atomic E-state index is 0.0883. The van der Waals surface area contributed by atoms with E-state index >= 15 is 0 Å². The van der Waals surface area contributed by atoms with Crippen molar-refractivity contribution in [2.24, 2.45) is 0 Å². The molecule has 0 spiro atoms. The maximum Gasteiger partial charge on any atom is 0.508 e. The molecule has 0 heterocycles. The molecule has 0 radical (unpaired) electrons. The summed E-state index contributed by atoms with van der Waals surface area (Å²) in [4.78, 5) is 120. The van der Waals surface area contributed by atoms with Crippen LogP contribution >= 0.6 is 0 Å². The van der Waals surface area contributed by atoms with E-state index in [0.717, 1.165) is 131 Å². The van der Waals surface area contributed by atoms with Gasteiger partial charge >= 0.3 is 54.3 Å². The van der Waals surface area contributed by atoms with E-state index in [9.17, 15) is 43.2 Å². The van der Waals surface area contributed by atoms with E-state index in [0.29, 0.717) is 64.9 Å². The summed E-state index contributed by atoms with van der Waals surface area (Å²) in [6, 6.07) is 0. The van der Waals surface area contributed by atoms with Crippen molar-refractivity contribution in [3.8, 4) is 0 Å². The Balaban J connectivity index is -0.000000170. The van der Waals surface area contributed by atoms with Crippen molar-refractivity contribution >= 4 is 54.3 Å². The normalized spacial score (nSPS) is 11.8. The van der Waals surface area contributed by atoms with Crippen LogP contribution in [0.5, 0.6) is 0 Å². The van der Waals surface area contributed by atoms with E-state index in [2.05, 4.69) is 96.7 Å². The molecule has 123 heavy (non-hydrogen) atoms. The smallest absolute Gasteiger partial charge is 0.460 e. The number of hydrogen-bond acceptors (Lipinski definition) is 30. The van der Waals surface area contributed by atoms with Crippen LogP contribution in [0.2, 0.25) is 0 Å². The van der Waals surface area contributed by atoms with E-state index < -0.39 is 35.3 Å². The zero-order valence-corrected chi connectivity index (χ0v) is 87.8. The lowest BCUT2D eigenvalue weighted by atomic mass is 10.2. The van der Waals surface area contributed by atoms with E-state index in [1.165, 1.54) is 0 Å². The lowest BCUT2D eigenvalue weighted by Gasteiger charge is -2.21. The van der Waals surface area contributed by atoms with Crippen molar-refractivity contribution in [1.82, 2.24) is 44.1 Å².